The van der Waals surface area contributed by atoms with Crippen molar-refractivity contribution >= 4 is 62.3 Å². The Hall–Kier alpha value is -3.27. The first-order valence-corrected chi connectivity index (χ1v) is 16.8. The van der Waals surface area contributed by atoms with Gasteiger partial charge >= 0.3 is 0 Å². The lowest BCUT2D eigenvalue weighted by Gasteiger charge is -2.55. The van der Waals surface area contributed by atoms with Crippen LogP contribution >= 0.6 is 22.7 Å². The fraction of sp³-hybridized carbons (Fsp3) is 0.621. The number of hydrogen-bond donors (Lipinski definition) is 2. The van der Waals surface area contributed by atoms with E-state index in [9.17, 15) is 24.0 Å². The van der Waals surface area contributed by atoms with Crippen LogP contribution in [-0.2, 0) is 24.0 Å². The van der Waals surface area contributed by atoms with Crippen LogP contribution < -0.4 is 10.6 Å². The number of thiazole rings is 2. The lowest BCUT2D eigenvalue weighted by Crippen LogP contribution is -2.69. The molecule has 4 amide bonds. The summed E-state index contributed by atoms with van der Waals surface area (Å²) in [7, 11) is 0. The summed E-state index contributed by atoms with van der Waals surface area (Å²) in [5.74, 6) is -0.538. The highest BCUT2D eigenvalue weighted by molar-refractivity contribution is 7.14. The van der Waals surface area contributed by atoms with Gasteiger partial charge in [0.2, 0.25) is 23.6 Å². The van der Waals surface area contributed by atoms with Crippen LogP contribution in [0.15, 0.2) is 23.2 Å². The second kappa shape index (κ2) is 12.3. The van der Waals surface area contributed by atoms with Crippen molar-refractivity contribution in [1.29, 1.82) is 0 Å². The van der Waals surface area contributed by atoms with Gasteiger partial charge in [-0.15, -0.1) is 22.7 Å². The van der Waals surface area contributed by atoms with E-state index in [0.717, 1.165) is 12.8 Å². The Morgan fingerprint density at radius 1 is 0.773 bits per heavy atom. The highest BCUT2D eigenvalue weighted by atomic mass is 32.1. The summed E-state index contributed by atoms with van der Waals surface area (Å²) in [6.45, 7) is 6.70. The molecule has 4 fully saturated rings. The van der Waals surface area contributed by atoms with Gasteiger partial charge in [-0.25, -0.2) is 9.97 Å². The van der Waals surface area contributed by atoms with Crippen LogP contribution in [0.5, 0.6) is 0 Å². The molecule has 2 atom stereocenters. The number of hydrogen-bond acceptors (Lipinski definition) is 11. The summed E-state index contributed by atoms with van der Waals surface area (Å²) in [5.41, 5.74) is -1.52. The van der Waals surface area contributed by atoms with Crippen molar-refractivity contribution in [2.24, 2.45) is 10.8 Å². The van der Waals surface area contributed by atoms with E-state index in [-0.39, 0.29) is 42.5 Å². The largest absolute Gasteiger partial charge is 0.330 e. The van der Waals surface area contributed by atoms with Gasteiger partial charge in [0.1, 0.15) is 17.9 Å². The second-order valence-corrected chi connectivity index (χ2v) is 14.7. The molecule has 2 unspecified atom stereocenters. The third kappa shape index (κ3) is 6.14. The van der Waals surface area contributed by atoms with Gasteiger partial charge in [-0.1, -0.05) is 13.8 Å². The van der Waals surface area contributed by atoms with E-state index in [2.05, 4.69) is 20.6 Å². The highest BCUT2D eigenvalue weighted by Crippen LogP contribution is 2.42. The molecule has 2 aromatic rings. The molecule has 2 bridgehead atoms. The number of ketones is 1. The highest BCUT2D eigenvalue weighted by Gasteiger charge is 2.56. The summed E-state index contributed by atoms with van der Waals surface area (Å²) in [6, 6.07) is -1.08. The number of rotatable bonds is 8. The number of nitrogens with zero attached hydrogens (tertiary/aromatic N) is 6. The standard InChI is InChI=1S/C29H38N8O5S2/c1-28-15-34(13-21(38)36-9-3-5-19(36)23(40)32-26-30-7-11-43-26)17-29(2,25(28)42)18-35(16-28)14-22(39)37-10-4-6-20(37)24(41)33-27-31-8-12-44-27/h7-8,11-12,19-20H,3-6,9-10,13-18H2,1-2H3,(H,30,32,40)(H,31,33,41). The fourth-order valence-corrected chi connectivity index (χ4v) is 8.68. The van der Waals surface area contributed by atoms with Gasteiger partial charge in [-0.3, -0.25) is 33.8 Å². The number of nitrogens with one attached hydrogen (secondary N) is 2. The van der Waals surface area contributed by atoms with E-state index >= 15 is 0 Å². The van der Waals surface area contributed by atoms with E-state index in [0.29, 0.717) is 62.4 Å². The molecule has 4 aliphatic heterocycles. The van der Waals surface area contributed by atoms with Crippen LogP contribution in [0.2, 0.25) is 0 Å². The van der Waals surface area contributed by atoms with Crippen molar-refractivity contribution in [2.75, 3.05) is 63.0 Å². The molecule has 0 saturated carbocycles. The Morgan fingerprint density at radius 2 is 1.18 bits per heavy atom. The Bertz CT molecular complexity index is 1300. The number of aromatic nitrogens is 2. The number of likely N-dealkylation sites (tertiary alicyclic amines) is 4. The zero-order chi connectivity index (χ0) is 31.1. The Kier molecular flexibility index (Phi) is 8.56. The van der Waals surface area contributed by atoms with Crippen LogP contribution in [0.1, 0.15) is 39.5 Å². The lowest BCUT2D eigenvalue weighted by molar-refractivity contribution is -0.161. The number of carbonyl (C=O) groups is 5. The van der Waals surface area contributed by atoms with Gasteiger partial charge < -0.3 is 20.4 Å². The minimum atomic E-state index is -0.759. The topological polar surface area (TPSA) is 148 Å². The number of piperidine rings is 2. The van der Waals surface area contributed by atoms with E-state index in [1.54, 1.807) is 33.0 Å². The van der Waals surface area contributed by atoms with Crippen molar-refractivity contribution in [2.45, 2.75) is 51.6 Å². The molecule has 236 valence electrons. The monoisotopic (exact) mass is 642 g/mol. The predicted octanol–water partition coefficient (Wildman–Crippen LogP) is 1.37. The zero-order valence-corrected chi connectivity index (χ0v) is 26.6. The van der Waals surface area contributed by atoms with Crippen molar-refractivity contribution < 1.29 is 24.0 Å². The average molecular weight is 643 g/mol. The summed E-state index contributed by atoms with van der Waals surface area (Å²) >= 11 is 2.67. The maximum absolute atomic E-state index is 13.7. The molecule has 0 aromatic carbocycles. The summed E-state index contributed by atoms with van der Waals surface area (Å²) in [4.78, 5) is 82.1. The number of carbonyl (C=O) groups excluding carboxylic acids is 5. The lowest BCUT2D eigenvalue weighted by atomic mass is 9.64. The van der Waals surface area contributed by atoms with Crippen molar-refractivity contribution in [3.63, 3.8) is 0 Å². The quantitative estimate of drug-likeness (QED) is 0.436. The maximum atomic E-state index is 13.7. The molecule has 15 heteroatoms. The molecule has 4 aliphatic rings. The van der Waals surface area contributed by atoms with Crippen LogP contribution in [-0.4, -0.2) is 123 Å². The van der Waals surface area contributed by atoms with Crippen molar-refractivity contribution in [3.8, 4) is 0 Å². The molecule has 0 radical (unpaired) electrons. The first-order chi connectivity index (χ1) is 21.0. The molecule has 44 heavy (non-hydrogen) atoms. The minimum Gasteiger partial charge on any atom is -0.330 e. The molecule has 2 N–H and O–H groups in total. The molecular weight excluding hydrogens is 605 g/mol. The molecule has 0 spiro atoms. The van der Waals surface area contributed by atoms with E-state index in [4.69, 9.17) is 0 Å². The van der Waals surface area contributed by atoms with Crippen LogP contribution in [0.3, 0.4) is 0 Å². The predicted molar refractivity (Wildman–Crippen MR) is 165 cm³/mol. The van der Waals surface area contributed by atoms with Gasteiger partial charge in [-0.2, -0.15) is 0 Å². The molecule has 0 aliphatic carbocycles. The third-order valence-electron chi connectivity index (χ3n) is 9.18. The van der Waals surface area contributed by atoms with Crippen LogP contribution in [0, 0.1) is 10.8 Å². The Labute approximate surface area is 264 Å². The number of Topliss-reactive ketones (excluding diaryl/α,β-unsaturated/α-hetero) is 1. The maximum Gasteiger partial charge on any atom is 0.248 e. The van der Waals surface area contributed by atoms with Gasteiger partial charge in [0, 0.05) is 62.4 Å². The van der Waals surface area contributed by atoms with Gasteiger partial charge in [0.15, 0.2) is 10.3 Å². The summed E-state index contributed by atoms with van der Waals surface area (Å²) in [5, 5.41) is 10.2. The van der Waals surface area contributed by atoms with Gasteiger partial charge in [0.05, 0.1) is 23.9 Å². The number of fused-ring (bicyclic) bond motifs is 2. The number of anilines is 2. The molecule has 6 heterocycles. The van der Waals surface area contributed by atoms with Gasteiger partial charge in [-0.05, 0) is 25.7 Å². The van der Waals surface area contributed by atoms with E-state index in [1.807, 2.05) is 23.6 Å². The first-order valence-electron chi connectivity index (χ1n) is 15.0. The molecule has 4 saturated heterocycles. The van der Waals surface area contributed by atoms with Gasteiger partial charge in [0.25, 0.3) is 0 Å². The Morgan fingerprint density at radius 3 is 1.55 bits per heavy atom. The number of amides is 4. The molecule has 2 aromatic heterocycles. The summed E-state index contributed by atoms with van der Waals surface area (Å²) < 4.78 is 0. The Balaban J connectivity index is 1.07. The minimum absolute atomic E-state index is 0.121. The van der Waals surface area contributed by atoms with E-state index < -0.39 is 22.9 Å². The SMILES string of the molecule is CC12CN(CC(=O)N3CCCC3C(=O)Nc3nccs3)CC(C)(CN(CC(=O)N3CCCC3C(=O)Nc3nccs3)C1)C2=O. The van der Waals surface area contributed by atoms with Crippen LogP contribution in [0.4, 0.5) is 10.3 Å². The normalized spacial score (nSPS) is 29.2. The molecular formula is C29H38N8O5S2. The fourth-order valence-electron chi connectivity index (χ4n) is 7.61. The van der Waals surface area contributed by atoms with E-state index in [1.165, 1.54) is 22.7 Å². The smallest absolute Gasteiger partial charge is 0.248 e. The molecule has 13 nitrogen and oxygen atoms in total. The zero-order valence-electron chi connectivity index (χ0n) is 25.0. The second-order valence-electron chi connectivity index (χ2n) is 12.9. The van der Waals surface area contributed by atoms with Crippen molar-refractivity contribution in [1.82, 2.24) is 29.6 Å². The average Bonchev–Trinajstić information content (AvgIpc) is 3.78. The molecule has 6 rings (SSSR count). The van der Waals surface area contributed by atoms with Crippen molar-refractivity contribution in [3.05, 3.63) is 23.2 Å². The first kappa shape index (κ1) is 30.7. The summed E-state index contributed by atoms with van der Waals surface area (Å²) in [6.07, 6.45) is 5.95. The third-order valence-corrected chi connectivity index (χ3v) is 10.6. The van der Waals surface area contributed by atoms with Crippen LogP contribution in [0.25, 0.3) is 0 Å².